The van der Waals surface area contributed by atoms with E-state index in [1.165, 1.54) is 6.42 Å². The van der Waals surface area contributed by atoms with E-state index in [0.717, 1.165) is 31.6 Å². The van der Waals surface area contributed by atoms with Gasteiger partial charge in [-0.25, -0.2) is 4.79 Å². The van der Waals surface area contributed by atoms with Crippen LogP contribution in [-0.2, 0) is 14.3 Å². The lowest BCUT2D eigenvalue weighted by Gasteiger charge is -2.35. The average molecular weight is 269 g/mol. The second-order valence-electron chi connectivity index (χ2n) is 5.61. The van der Waals surface area contributed by atoms with Crippen LogP contribution in [0.5, 0.6) is 0 Å². The number of ether oxygens (including phenoxy) is 1. The number of rotatable bonds is 3. The Kier molecular flexibility index (Phi) is 4.80. The number of carboxylic acids is 1. The number of carbonyl (C=O) groups excluding carboxylic acids is 1. The molecule has 1 unspecified atom stereocenters. The lowest BCUT2D eigenvalue weighted by Crippen LogP contribution is -2.50. The van der Waals surface area contributed by atoms with Crippen LogP contribution < -0.4 is 0 Å². The first-order chi connectivity index (χ1) is 9.11. The first-order valence-electron chi connectivity index (χ1n) is 7.25. The molecule has 2 fully saturated rings. The van der Waals surface area contributed by atoms with Crippen molar-refractivity contribution in [2.45, 2.75) is 45.1 Å². The van der Waals surface area contributed by atoms with Gasteiger partial charge in [-0.3, -0.25) is 4.79 Å². The summed E-state index contributed by atoms with van der Waals surface area (Å²) in [5, 5.41) is 8.95. The van der Waals surface area contributed by atoms with Gasteiger partial charge in [0.2, 0.25) is 5.91 Å². The highest BCUT2D eigenvalue weighted by Gasteiger charge is 2.33. The molecule has 5 nitrogen and oxygen atoms in total. The summed E-state index contributed by atoms with van der Waals surface area (Å²) < 4.78 is 5.15. The Hall–Kier alpha value is -1.10. The van der Waals surface area contributed by atoms with Crippen molar-refractivity contribution in [3.8, 4) is 0 Å². The maximum Gasteiger partial charge on any atom is 0.334 e. The molecule has 0 spiro atoms. The van der Waals surface area contributed by atoms with E-state index < -0.39 is 12.1 Å². The molecule has 0 bridgehead atoms. The standard InChI is InChI=1S/C14H23NO4/c1-2-10-3-5-11(6-4-10)13(16)15-7-8-19-12(9-15)14(17)18/h10-12H,2-9H2,1H3,(H,17,18). The zero-order valence-electron chi connectivity index (χ0n) is 11.5. The number of morpholine rings is 1. The van der Waals surface area contributed by atoms with E-state index in [-0.39, 0.29) is 18.4 Å². The molecule has 0 aromatic rings. The van der Waals surface area contributed by atoms with Crippen molar-refractivity contribution in [2.24, 2.45) is 11.8 Å². The Morgan fingerprint density at radius 3 is 2.53 bits per heavy atom. The number of hydrogen-bond donors (Lipinski definition) is 1. The zero-order chi connectivity index (χ0) is 13.8. The van der Waals surface area contributed by atoms with Crippen molar-refractivity contribution in [3.05, 3.63) is 0 Å². The molecule has 1 aliphatic heterocycles. The normalized spacial score (nSPS) is 32.1. The Morgan fingerprint density at radius 2 is 1.95 bits per heavy atom. The van der Waals surface area contributed by atoms with E-state index in [2.05, 4.69) is 6.92 Å². The summed E-state index contributed by atoms with van der Waals surface area (Å²) in [6.45, 7) is 3.25. The lowest BCUT2D eigenvalue weighted by molar-refractivity contribution is -0.161. The molecule has 0 radical (unpaired) electrons. The van der Waals surface area contributed by atoms with E-state index >= 15 is 0 Å². The first kappa shape index (κ1) is 14.3. The van der Waals surface area contributed by atoms with Gasteiger partial charge in [-0.1, -0.05) is 13.3 Å². The van der Waals surface area contributed by atoms with E-state index in [4.69, 9.17) is 9.84 Å². The van der Waals surface area contributed by atoms with Crippen molar-refractivity contribution in [2.75, 3.05) is 19.7 Å². The van der Waals surface area contributed by atoms with Gasteiger partial charge in [-0.2, -0.15) is 0 Å². The predicted molar refractivity (Wildman–Crippen MR) is 69.7 cm³/mol. The fourth-order valence-corrected chi connectivity index (χ4v) is 3.07. The number of nitrogens with zero attached hydrogens (tertiary/aromatic N) is 1. The first-order valence-corrected chi connectivity index (χ1v) is 7.25. The summed E-state index contributed by atoms with van der Waals surface area (Å²) in [7, 11) is 0. The largest absolute Gasteiger partial charge is 0.479 e. The van der Waals surface area contributed by atoms with Gasteiger partial charge in [0, 0.05) is 12.5 Å². The maximum absolute atomic E-state index is 12.4. The van der Waals surface area contributed by atoms with Crippen LogP contribution in [0.1, 0.15) is 39.0 Å². The second-order valence-corrected chi connectivity index (χ2v) is 5.61. The van der Waals surface area contributed by atoms with Crippen molar-refractivity contribution in [3.63, 3.8) is 0 Å². The molecule has 1 heterocycles. The van der Waals surface area contributed by atoms with Gasteiger partial charge in [-0.05, 0) is 31.6 Å². The molecular weight excluding hydrogens is 246 g/mol. The molecule has 1 aliphatic carbocycles. The fourth-order valence-electron chi connectivity index (χ4n) is 3.07. The molecule has 1 N–H and O–H groups in total. The van der Waals surface area contributed by atoms with E-state index in [1.54, 1.807) is 4.90 Å². The summed E-state index contributed by atoms with van der Waals surface area (Å²) in [6.07, 6.45) is 4.49. The van der Waals surface area contributed by atoms with Crippen LogP contribution in [0.3, 0.4) is 0 Å². The summed E-state index contributed by atoms with van der Waals surface area (Å²) in [5.74, 6) is 0.00662. The third-order valence-corrected chi connectivity index (χ3v) is 4.43. The molecule has 1 atom stereocenters. The Balaban J connectivity index is 1.87. The van der Waals surface area contributed by atoms with Gasteiger partial charge in [-0.15, -0.1) is 0 Å². The highest BCUT2D eigenvalue weighted by atomic mass is 16.5. The van der Waals surface area contributed by atoms with Crippen molar-refractivity contribution < 1.29 is 19.4 Å². The minimum atomic E-state index is -0.979. The minimum absolute atomic E-state index is 0.0929. The summed E-state index contributed by atoms with van der Waals surface area (Å²) in [6, 6.07) is 0. The highest BCUT2D eigenvalue weighted by Crippen LogP contribution is 2.31. The van der Waals surface area contributed by atoms with Crippen molar-refractivity contribution >= 4 is 11.9 Å². The molecule has 0 aromatic heterocycles. The number of hydrogen-bond acceptors (Lipinski definition) is 3. The smallest absolute Gasteiger partial charge is 0.334 e. The number of amides is 1. The average Bonchev–Trinajstić information content (AvgIpc) is 2.46. The second kappa shape index (κ2) is 6.37. The molecule has 1 saturated heterocycles. The number of carboxylic acid groups (broad SMARTS) is 1. The van der Waals surface area contributed by atoms with E-state index in [9.17, 15) is 9.59 Å². The molecule has 108 valence electrons. The molecule has 19 heavy (non-hydrogen) atoms. The Labute approximate surface area is 113 Å². The van der Waals surface area contributed by atoms with Gasteiger partial charge >= 0.3 is 5.97 Å². The predicted octanol–water partition coefficient (Wildman–Crippen LogP) is 1.51. The van der Waals surface area contributed by atoms with Gasteiger partial charge < -0.3 is 14.7 Å². The monoisotopic (exact) mass is 269 g/mol. The van der Waals surface area contributed by atoms with Crippen LogP contribution in [-0.4, -0.2) is 47.7 Å². The third-order valence-electron chi connectivity index (χ3n) is 4.43. The highest BCUT2D eigenvalue weighted by molar-refractivity contribution is 5.80. The summed E-state index contributed by atoms with van der Waals surface area (Å²) in [4.78, 5) is 25.0. The van der Waals surface area contributed by atoms with Crippen LogP contribution in [0.15, 0.2) is 0 Å². The summed E-state index contributed by atoms with van der Waals surface area (Å²) >= 11 is 0. The topological polar surface area (TPSA) is 66.8 Å². The Morgan fingerprint density at radius 1 is 1.26 bits per heavy atom. The van der Waals surface area contributed by atoms with Crippen LogP contribution in [0, 0.1) is 11.8 Å². The van der Waals surface area contributed by atoms with Crippen LogP contribution >= 0.6 is 0 Å². The number of carbonyl (C=O) groups is 2. The van der Waals surface area contributed by atoms with E-state index in [0.29, 0.717) is 13.2 Å². The van der Waals surface area contributed by atoms with Gasteiger partial charge in [0.05, 0.1) is 13.2 Å². The quantitative estimate of drug-likeness (QED) is 0.843. The third kappa shape index (κ3) is 3.47. The zero-order valence-corrected chi connectivity index (χ0v) is 11.5. The van der Waals surface area contributed by atoms with Gasteiger partial charge in [0.15, 0.2) is 6.10 Å². The SMILES string of the molecule is CCC1CCC(C(=O)N2CCOC(C(=O)O)C2)CC1. The minimum Gasteiger partial charge on any atom is -0.479 e. The molecule has 0 aromatic carbocycles. The molecule has 2 aliphatic rings. The fraction of sp³-hybridized carbons (Fsp3) is 0.857. The molecule has 5 heteroatoms. The molecule has 1 saturated carbocycles. The number of aliphatic carboxylic acids is 1. The van der Waals surface area contributed by atoms with Crippen LogP contribution in [0.2, 0.25) is 0 Å². The van der Waals surface area contributed by atoms with Crippen molar-refractivity contribution in [1.29, 1.82) is 0 Å². The van der Waals surface area contributed by atoms with Crippen LogP contribution in [0.4, 0.5) is 0 Å². The van der Waals surface area contributed by atoms with Crippen molar-refractivity contribution in [1.82, 2.24) is 4.90 Å². The molecule has 1 amide bonds. The summed E-state index contributed by atoms with van der Waals surface area (Å²) in [5.41, 5.74) is 0. The molecular formula is C14H23NO4. The maximum atomic E-state index is 12.4. The van der Waals surface area contributed by atoms with E-state index in [1.807, 2.05) is 0 Å². The Bertz CT molecular complexity index is 336. The van der Waals surface area contributed by atoms with Gasteiger partial charge in [0.25, 0.3) is 0 Å². The van der Waals surface area contributed by atoms with Crippen LogP contribution in [0.25, 0.3) is 0 Å². The van der Waals surface area contributed by atoms with Gasteiger partial charge in [0.1, 0.15) is 0 Å². The molecule has 2 rings (SSSR count). The lowest BCUT2D eigenvalue weighted by atomic mass is 9.80.